The summed E-state index contributed by atoms with van der Waals surface area (Å²) in [5, 5.41) is 8.10. The van der Waals surface area contributed by atoms with Crippen LogP contribution >= 0.6 is 0 Å². The Hall–Kier alpha value is -6.38. The molecule has 2 heteroatoms. The standard InChI is InChI=1S/C48H26N2/c1-5-15-29-25(11-1)31-19-9-21-35-39-23-37-38(41-27-13-3-7-17-33(27)43(29)49(45(31)35)47(39)41)24-40-36-22-10-20-32-26-12-2-6-16-30(26)44-34-18-8-4-14-28(34)42(37)48(40)50(44)46(32)36/h1-24,43-44H. The molecule has 2 unspecified atom stereocenters. The summed E-state index contributed by atoms with van der Waals surface area (Å²) in [6, 6.07) is 56.0. The monoisotopic (exact) mass is 630 g/mol. The highest BCUT2D eigenvalue weighted by molar-refractivity contribution is 6.31. The molecule has 2 atom stereocenters. The van der Waals surface area contributed by atoms with Crippen LogP contribution in [0.4, 0.5) is 0 Å². The second-order valence-corrected chi connectivity index (χ2v) is 14.7. The van der Waals surface area contributed by atoms with E-state index in [-0.39, 0.29) is 12.1 Å². The van der Waals surface area contributed by atoms with Crippen LogP contribution in [0, 0.1) is 0 Å². The smallest absolute Gasteiger partial charge is 0.0857 e. The summed E-state index contributed by atoms with van der Waals surface area (Å²) in [7, 11) is 0. The zero-order chi connectivity index (χ0) is 32.0. The lowest BCUT2D eigenvalue weighted by atomic mass is 9.79. The minimum atomic E-state index is 0.142. The van der Waals surface area contributed by atoms with E-state index in [1.807, 2.05) is 0 Å². The van der Waals surface area contributed by atoms with Gasteiger partial charge in [-0.1, -0.05) is 133 Å². The molecule has 0 N–H and O–H groups in total. The van der Waals surface area contributed by atoms with Crippen LogP contribution in [0.1, 0.15) is 34.3 Å². The second-order valence-electron chi connectivity index (χ2n) is 14.7. The lowest BCUT2D eigenvalue weighted by molar-refractivity contribution is 0.717. The third-order valence-electron chi connectivity index (χ3n) is 12.7. The highest BCUT2D eigenvalue weighted by Gasteiger charge is 2.40. The van der Waals surface area contributed by atoms with E-state index in [1.165, 1.54) is 121 Å². The molecule has 14 rings (SSSR count). The fraction of sp³-hybridized carbons (Fsp3) is 0.0417. The van der Waals surface area contributed by atoms with E-state index >= 15 is 0 Å². The summed E-state index contributed by atoms with van der Waals surface area (Å²) in [4.78, 5) is 0. The number of para-hydroxylation sites is 2. The van der Waals surface area contributed by atoms with Crippen LogP contribution in [0.25, 0.3) is 98.9 Å². The topological polar surface area (TPSA) is 9.86 Å². The van der Waals surface area contributed by atoms with Crippen molar-refractivity contribution in [2.24, 2.45) is 0 Å². The zero-order valence-corrected chi connectivity index (χ0v) is 26.9. The van der Waals surface area contributed by atoms with E-state index in [0.29, 0.717) is 0 Å². The first-order valence-corrected chi connectivity index (χ1v) is 17.8. The van der Waals surface area contributed by atoms with Crippen LogP contribution in [0.2, 0.25) is 0 Å². The van der Waals surface area contributed by atoms with Gasteiger partial charge in [0, 0.05) is 43.8 Å². The molecule has 2 aromatic heterocycles. The number of nitrogens with zero attached hydrogens (tertiary/aromatic N) is 2. The number of hydrogen-bond acceptors (Lipinski definition) is 0. The Kier molecular flexibility index (Phi) is 3.99. The Morgan fingerprint density at radius 1 is 0.280 bits per heavy atom. The molecule has 0 spiro atoms. The lowest BCUT2D eigenvalue weighted by Crippen LogP contribution is -2.21. The molecular weight excluding hydrogens is 605 g/mol. The van der Waals surface area contributed by atoms with E-state index in [0.717, 1.165) is 0 Å². The Bertz CT molecular complexity index is 3060. The van der Waals surface area contributed by atoms with Gasteiger partial charge < -0.3 is 9.13 Å². The van der Waals surface area contributed by atoms with Gasteiger partial charge in [-0.05, 0) is 67.4 Å². The van der Waals surface area contributed by atoms with Crippen LogP contribution < -0.4 is 0 Å². The second kappa shape index (κ2) is 8.07. The van der Waals surface area contributed by atoms with Crippen molar-refractivity contribution in [1.29, 1.82) is 0 Å². The van der Waals surface area contributed by atoms with Gasteiger partial charge in [0.25, 0.3) is 0 Å². The molecule has 6 heterocycles. The molecule has 50 heavy (non-hydrogen) atoms. The SMILES string of the molecule is c1ccc2c(c1)-c1cccc3c4cc5c6c7c(cc5c5c4n(c13)C2c1ccccc1-5)c1cccc2c1n7C(c1ccccc1-2)c1ccccc1-6. The number of benzene rings is 8. The number of aromatic nitrogens is 2. The fourth-order valence-electron chi connectivity index (χ4n) is 11.0. The molecule has 10 aromatic rings. The Balaban J connectivity index is 1.28. The zero-order valence-electron chi connectivity index (χ0n) is 26.9. The van der Waals surface area contributed by atoms with Crippen molar-refractivity contribution < 1.29 is 0 Å². The first kappa shape index (κ1) is 24.7. The van der Waals surface area contributed by atoms with Crippen LogP contribution in [-0.2, 0) is 0 Å². The van der Waals surface area contributed by atoms with Gasteiger partial charge in [-0.2, -0.15) is 0 Å². The van der Waals surface area contributed by atoms with Crippen LogP contribution in [-0.4, -0.2) is 9.13 Å². The van der Waals surface area contributed by atoms with E-state index < -0.39 is 0 Å². The van der Waals surface area contributed by atoms with Crippen molar-refractivity contribution in [3.8, 4) is 44.5 Å². The van der Waals surface area contributed by atoms with E-state index in [4.69, 9.17) is 0 Å². The molecule has 0 fully saturated rings. The van der Waals surface area contributed by atoms with Crippen molar-refractivity contribution in [1.82, 2.24) is 9.13 Å². The van der Waals surface area contributed by atoms with Crippen molar-refractivity contribution in [2.75, 3.05) is 0 Å². The lowest BCUT2D eigenvalue weighted by Gasteiger charge is -2.36. The van der Waals surface area contributed by atoms with Crippen LogP contribution in [0.5, 0.6) is 0 Å². The van der Waals surface area contributed by atoms with E-state index in [9.17, 15) is 0 Å². The number of rotatable bonds is 0. The van der Waals surface area contributed by atoms with Crippen molar-refractivity contribution in [3.63, 3.8) is 0 Å². The molecule has 4 aliphatic rings. The van der Waals surface area contributed by atoms with Gasteiger partial charge in [0.1, 0.15) is 0 Å². The van der Waals surface area contributed by atoms with E-state index in [2.05, 4.69) is 155 Å². The maximum absolute atomic E-state index is 2.70. The van der Waals surface area contributed by atoms with Gasteiger partial charge in [0.05, 0.1) is 34.2 Å². The molecule has 4 aliphatic heterocycles. The molecule has 0 aliphatic carbocycles. The minimum absolute atomic E-state index is 0.142. The van der Waals surface area contributed by atoms with E-state index in [1.54, 1.807) is 0 Å². The highest BCUT2D eigenvalue weighted by atomic mass is 15.1. The quantitative estimate of drug-likeness (QED) is 0.158. The average Bonchev–Trinajstić information content (AvgIpc) is 3.69. The molecule has 0 saturated carbocycles. The van der Waals surface area contributed by atoms with Crippen molar-refractivity contribution >= 4 is 54.4 Å². The average molecular weight is 631 g/mol. The number of hydrogen-bond donors (Lipinski definition) is 0. The van der Waals surface area contributed by atoms with Gasteiger partial charge in [0.15, 0.2) is 0 Å². The summed E-state index contributed by atoms with van der Waals surface area (Å²) in [5.41, 5.74) is 21.9. The van der Waals surface area contributed by atoms with Gasteiger partial charge in [0.2, 0.25) is 0 Å². The fourth-order valence-corrected chi connectivity index (χ4v) is 11.0. The Morgan fingerprint density at radius 2 is 0.640 bits per heavy atom. The molecular formula is C48H26N2. The largest absolute Gasteiger partial charge is 0.328 e. The summed E-state index contributed by atoms with van der Waals surface area (Å²) >= 11 is 0. The number of fused-ring (bicyclic) bond motifs is 17. The first-order chi connectivity index (χ1) is 24.9. The summed E-state index contributed by atoms with van der Waals surface area (Å²) in [6.07, 6.45) is 0. The molecule has 8 aromatic carbocycles. The van der Waals surface area contributed by atoms with Crippen LogP contribution in [0.15, 0.2) is 146 Å². The highest BCUT2D eigenvalue weighted by Crippen LogP contribution is 2.60. The normalized spacial score (nSPS) is 16.8. The Morgan fingerprint density at radius 3 is 1.08 bits per heavy atom. The van der Waals surface area contributed by atoms with Crippen LogP contribution in [0.3, 0.4) is 0 Å². The maximum Gasteiger partial charge on any atom is 0.0857 e. The Labute approximate surface area is 287 Å². The summed E-state index contributed by atoms with van der Waals surface area (Å²) in [6.45, 7) is 0. The summed E-state index contributed by atoms with van der Waals surface area (Å²) in [5.74, 6) is 0. The summed E-state index contributed by atoms with van der Waals surface area (Å²) < 4.78 is 5.40. The van der Waals surface area contributed by atoms with Gasteiger partial charge in [-0.15, -0.1) is 0 Å². The third kappa shape index (κ3) is 2.50. The van der Waals surface area contributed by atoms with Crippen molar-refractivity contribution in [3.05, 3.63) is 168 Å². The molecule has 0 radical (unpaired) electrons. The predicted molar refractivity (Wildman–Crippen MR) is 206 cm³/mol. The van der Waals surface area contributed by atoms with Gasteiger partial charge in [-0.25, -0.2) is 0 Å². The molecule has 2 nitrogen and oxygen atoms in total. The molecule has 0 bridgehead atoms. The molecule has 0 amide bonds. The van der Waals surface area contributed by atoms with Gasteiger partial charge in [-0.3, -0.25) is 0 Å². The van der Waals surface area contributed by atoms with Gasteiger partial charge >= 0.3 is 0 Å². The first-order valence-electron chi connectivity index (χ1n) is 17.8. The third-order valence-corrected chi connectivity index (χ3v) is 12.7. The predicted octanol–water partition coefficient (Wildman–Crippen LogP) is 12.3. The maximum atomic E-state index is 2.70. The molecule has 228 valence electrons. The van der Waals surface area contributed by atoms with Crippen molar-refractivity contribution in [2.45, 2.75) is 12.1 Å². The molecule has 0 saturated heterocycles. The minimum Gasteiger partial charge on any atom is -0.328 e.